The molecular weight excluding hydrogens is 511 g/mol. The van der Waals surface area contributed by atoms with Gasteiger partial charge in [-0.2, -0.15) is 18.3 Å². The number of nitrogens with one attached hydrogen (secondary N) is 1. The minimum Gasteiger partial charge on any atom is -0.337 e. The molecular formula is C27H24F3N7O2. The molecule has 0 aliphatic carbocycles. The molecule has 12 heteroatoms. The van der Waals surface area contributed by atoms with Crippen molar-refractivity contribution in [2.75, 3.05) is 11.4 Å². The van der Waals surface area contributed by atoms with Crippen molar-refractivity contribution in [1.82, 2.24) is 25.1 Å². The smallest absolute Gasteiger partial charge is 0.337 e. The van der Waals surface area contributed by atoms with Crippen molar-refractivity contribution in [2.24, 2.45) is 5.73 Å². The first-order chi connectivity index (χ1) is 18.7. The Labute approximate surface area is 221 Å². The number of aromatic nitrogens is 4. The van der Waals surface area contributed by atoms with E-state index in [4.69, 9.17) is 5.73 Å². The van der Waals surface area contributed by atoms with Crippen LogP contribution in [0.1, 0.15) is 45.8 Å². The summed E-state index contributed by atoms with van der Waals surface area (Å²) in [6.45, 7) is 2.29. The van der Waals surface area contributed by atoms with Crippen molar-refractivity contribution >= 4 is 17.6 Å². The van der Waals surface area contributed by atoms with Crippen molar-refractivity contribution < 1.29 is 22.8 Å². The Hall–Kier alpha value is -4.58. The average Bonchev–Trinajstić information content (AvgIpc) is 3.38. The minimum absolute atomic E-state index is 0.251. The molecule has 200 valence electrons. The highest BCUT2D eigenvalue weighted by Crippen LogP contribution is 2.41. The van der Waals surface area contributed by atoms with Crippen LogP contribution >= 0.6 is 0 Å². The Balaban J connectivity index is 1.63. The monoisotopic (exact) mass is 535 g/mol. The van der Waals surface area contributed by atoms with Gasteiger partial charge in [0.2, 0.25) is 5.82 Å². The number of anilines is 1. The maximum Gasteiger partial charge on any atom is 0.433 e. The molecule has 0 saturated carbocycles. The standard InChI is InChI=1S/C27H24F3N7O2/c1-2-36-25-19(15-33-37(25)18-9-4-3-5-10-18)21(17-8-6-7-16(13-17)14-31)22(26(36)39)35-24(38)23-32-12-11-20(34-23)27(28,29)30/h3-13,15,21-22H,2,14,31H2,1H3,(H,35,38)/t21-,22+/m1/s1. The van der Waals surface area contributed by atoms with Gasteiger partial charge in [-0.1, -0.05) is 42.5 Å². The molecule has 39 heavy (non-hydrogen) atoms. The molecule has 0 unspecified atom stereocenters. The molecule has 4 aromatic rings. The lowest BCUT2D eigenvalue weighted by Crippen LogP contribution is -2.55. The van der Waals surface area contributed by atoms with Gasteiger partial charge >= 0.3 is 6.18 Å². The van der Waals surface area contributed by atoms with Gasteiger partial charge < -0.3 is 11.1 Å². The second kappa shape index (κ2) is 10.3. The second-order valence-corrected chi connectivity index (χ2v) is 8.89. The van der Waals surface area contributed by atoms with Crippen LogP contribution in [-0.2, 0) is 17.5 Å². The largest absolute Gasteiger partial charge is 0.433 e. The quantitative estimate of drug-likeness (QED) is 0.391. The summed E-state index contributed by atoms with van der Waals surface area (Å²) in [5.41, 5.74) is 7.49. The molecule has 9 nitrogen and oxygen atoms in total. The third-order valence-corrected chi connectivity index (χ3v) is 6.53. The summed E-state index contributed by atoms with van der Waals surface area (Å²) in [7, 11) is 0. The fourth-order valence-corrected chi connectivity index (χ4v) is 4.76. The topological polar surface area (TPSA) is 119 Å². The molecule has 3 heterocycles. The van der Waals surface area contributed by atoms with Crippen LogP contribution in [0.25, 0.3) is 5.69 Å². The summed E-state index contributed by atoms with van der Waals surface area (Å²) in [6.07, 6.45) is -2.27. The van der Waals surface area contributed by atoms with Crippen LogP contribution in [0.15, 0.2) is 73.1 Å². The number of fused-ring (bicyclic) bond motifs is 1. The molecule has 2 amide bonds. The van der Waals surface area contributed by atoms with Gasteiger partial charge in [0, 0.05) is 30.8 Å². The van der Waals surface area contributed by atoms with Crippen LogP contribution in [0.4, 0.5) is 19.0 Å². The van der Waals surface area contributed by atoms with Crippen LogP contribution in [0.3, 0.4) is 0 Å². The molecule has 0 spiro atoms. The van der Waals surface area contributed by atoms with Crippen molar-refractivity contribution in [3.8, 4) is 5.69 Å². The van der Waals surface area contributed by atoms with Gasteiger partial charge in [-0.05, 0) is 36.2 Å². The van der Waals surface area contributed by atoms with Crippen LogP contribution in [0.5, 0.6) is 0 Å². The van der Waals surface area contributed by atoms with Crippen LogP contribution in [0, 0.1) is 0 Å². The number of rotatable bonds is 6. The Morgan fingerprint density at radius 1 is 1.10 bits per heavy atom. The molecule has 0 fully saturated rings. The van der Waals surface area contributed by atoms with E-state index in [1.165, 1.54) is 4.90 Å². The average molecular weight is 536 g/mol. The van der Waals surface area contributed by atoms with Crippen LogP contribution < -0.4 is 16.0 Å². The Morgan fingerprint density at radius 3 is 2.56 bits per heavy atom. The molecule has 3 N–H and O–H groups in total. The van der Waals surface area contributed by atoms with E-state index in [0.717, 1.165) is 17.4 Å². The molecule has 2 atom stereocenters. The fraction of sp³-hybridized carbons (Fsp3) is 0.222. The first-order valence-electron chi connectivity index (χ1n) is 12.2. The van der Waals surface area contributed by atoms with Crippen molar-refractivity contribution in [3.63, 3.8) is 0 Å². The lowest BCUT2D eigenvalue weighted by molar-refractivity contribution is -0.141. The molecule has 1 aliphatic heterocycles. The summed E-state index contributed by atoms with van der Waals surface area (Å²) in [4.78, 5) is 35.7. The van der Waals surface area contributed by atoms with E-state index in [-0.39, 0.29) is 13.1 Å². The Bertz CT molecular complexity index is 1520. The highest BCUT2D eigenvalue weighted by atomic mass is 19.4. The number of nitrogens with two attached hydrogens (primary N) is 1. The summed E-state index contributed by atoms with van der Waals surface area (Å²) < 4.78 is 41.3. The predicted molar refractivity (Wildman–Crippen MR) is 136 cm³/mol. The first-order valence-corrected chi connectivity index (χ1v) is 12.2. The lowest BCUT2D eigenvalue weighted by Gasteiger charge is -2.38. The summed E-state index contributed by atoms with van der Waals surface area (Å²) in [5, 5.41) is 7.18. The summed E-state index contributed by atoms with van der Waals surface area (Å²) in [5.74, 6) is -2.33. The predicted octanol–water partition coefficient (Wildman–Crippen LogP) is 3.44. The number of carbonyl (C=O) groups excluding carboxylic acids is 2. The maximum atomic E-state index is 14.0. The third kappa shape index (κ3) is 4.86. The number of benzene rings is 2. The number of alkyl halides is 3. The van der Waals surface area contributed by atoms with E-state index in [1.54, 1.807) is 23.9 Å². The zero-order valence-electron chi connectivity index (χ0n) is 20.8. The van der Waals surface area contributed by atoms with Gasteiger partial charge in [0.1, 0.15) is 17.6 Å². The van der Waals surface area contributed by atoms with Crippen LogP contribution in [0.2, 0.25) is 0 Å². The van der Waals surface area contributed by atoms with E-state index in [1.807, 2.05) is 48.5 Å². The number of para-hydroxylation sites is 1. The van der Waals surface area contributed by atoms with Gasteiger partial charge in [0.15, 0.2) is 0 Å². The zero-order valence-corrected chi connectivity index (χ0v) is 20.8. The van der Waals surface area contributed by atoms with E-state index in [0.29, 0.717) is 23.0 Å². The SMILES string of the molecule is CCN1C(=O)[C@@H](NC(=O)c2nccc(C(F)(F)F)n2)[C@H](c2cccc(CN)c2)c2cnn(-c3ccccc3)c21. The highest BCUT2D eigenvalue weighted by Gasteiger charge is 2.44. The minimum atomic E-state index is -4.76. The number of halogens is 3. The number of likely N-dealkylation sites (N-methyl/N-ethyl adjacent to an activating group) is 1. The highest BCUT2D eigenvalue weighted by molar-refractivity contribution is 6.04. The molecule has 0 radical (unpaired) electrons. The number of hydrogen-bond acceptors (Lipinski definition) is 6. The van der Waals surface area contributed by atoms with E-state index in [2.05, 4.69) is 20.4 Å². The third-order valence-electron chi connectivity index (χ3n) is 6.53. The maximum absolute atomic E-state index is 14.0. The van der Waals surface area contributed by atoms with E-state index < -0.39 is 41.5 Å². The van der Waals surface area contributed by atoms with Crippen molar-refractivity contribution in [3.05, 3.63) is 101 Å². The number of nitrogens with zero attached hydrogens (tertiary/aromatic N) is 5. The van der Waals surface area contributed by atoms with Gasteiger partial charge in [-0.15, -0.1) is 0 Å². The number of hydrogen-bond donors (Lipinski definition) is 2. The molecule has 1 aliphatic rings. The van der Waals surface area contributed by atoms with Crippen molar-refractivity contribution in [1.29, 1.82) is 0 Å². The molecule has 2 aromatic heterocycles. The normalized spacial score (nSPS) is 17.2. The van der Waals surface area contributed by atoms with Gasteiger partial charge in [-0.3, -0.25) is 14.5 Å². The lowest BCUT2D eigenvalue weighted by atomic mass is 9.82. The molecule has 2 aromatic carbocycles. The molecule has 0 bridgehead atoms. The Kier molecular flexibility index (Phi) is 6.87. The summed E-state index contributed by atoms with van der Waals surface area (Å²) in [6, 6.07) is 16.1. The van der Waals surface area contributed by atoms with Gasteiger partial charge in [-0.25, -0.2) is 14.6 Å². The van der Waals surface area contributed by atoms with Crippen LogP contribution in [-0.4, -0.2) is 44.1 Å². The zero-order chi connectivity index (χ0) is 27.7. The fourth-order valence-electron chi connectivity index (χ4n) is 4.76. The summed E-state index contributed by atoms with van der Waals surface area (Å²) >= 11 is 0. The van der Waals surface area contributed by atoms with Gasteiger partial charge in [0.25, 0.3) is 11.8 Å². The Morgan fingerprint density at radius 2 is 1.87 bits per heavy atom. The number of carbonyl (C=O) groups is 2. The van der Waals surface area contributed by atoms with Gasteiger partial charge in [0.05, 0.1) is 11.9 Å². The number of amides is 2. The molecule has 0 saturated heterocycles. The van der Waals surface area contributed by atoms with E-state index >= 15 is 0 Å². The first kappa shape index (κ1) is 26.0. The van der Waals surface area contributed by atoms with Crippen molar-refractivity contribution in [2.45, 2.75) is 31.6 Å². The molecule has 5 rings (SSSR count). The van der Waals surface area contributed by atoms with E-state index in [9.17, 15) is 22.8 Å². The second-order valence-electron chi connectivity index (χ2n) is 8.89.